The number of ether oxygens (including phenoxy) is 1. The average Bonchev–Trinajstić information content (AvgIpc) is 2.44. The van der Waals surface area contributed by atoms with Gasteiger partial charge in [0.15, 0.2) is 0 Å². The third-order valence-electron chi connectivity index (χ3n) is 3.17. The molecule has 2 rings (SSSR count). The van der Waals surface area contributed by atoms with E-state index in [9.17, 15) is 9.59 Å². The lowest BCUT2D eigenvalue weighted by Gasteiger charge is -2.48. The molecule has 0 unspecified atom stereocenters. The molecule has 19 heavy (non-hydrogen) atoms. The molecule has 0 radical (unpaired) electrons. The molecule has 0 aromatic carbocycles. The molecule has 2 atom stereocenters. The van der Waals surface area contributed by atoms with Gasteiger partial charge in [0.2, 0.25) is 5.91 Å². The maximum absolute atomic E-state index is 12.1. The normalized spacial score (nSPS) is 26.1. The maximum Gasteiger partial charge on any atom is 0.355 e. The fraction of sp³-hybridized carbons (Fsp3) is 0.667. The summed E-state index contributed by atoms with van der Waals surface area (Å²) in [4.78, 5) is 25.5. The van der Waals surface area contributed by atoms with Gasteiger partial charge < -0.3 is 10.5 Å². The first-order chi connectivity index (χ1) is 9.11. The van der Waals surface area contributed by atoms with Gasteiger partial charge >= 0.3 is 5.97 Å². The molecule has 0 spiro atoms. The van der Waals surface area contributed by atoms with Crippen LogP contribution in [0.3, 0.4) is 0 Å². The zero-order chi connectivity index (χ0) is 14.0. The molecule has 1 saturated heterocycles. The van der Waals surface area contributed by atoms with Crippen molar-refractivity contribution in [2.75, 3.05) is 17.7 Å². The highest BCUT2D eigenvalue weighted by atomic mass is 79.9. The molecule has 2 heterocycles. The Morgan fingerprint density at radius 1 is 1.63 bits per heavy atom. The fourth-order valence-corrected chi connectivity index (χ4v) is 4.07. The number of hydrogen-bond acceptors (Lipinski definition) is 5. The molecule has 7 heteroatoms. The Kier molecular flexibility index (Phi) is 4.92. The van der Waals surface area contributed by atoms with Crippen molar-refractivity contribution in [1.29, 1.82) is 0 Å². The van der Waals surface area contributed by atoms with Gasteiger partial charge in [0, 0.05) is 11.1 Å². The summed E-state index contributed by atoms with van der Waals surface area (Å²) < 4.78 is 5.23. The van der Waals surface area contributed by atoms with Gasteiger partial charge in [0.25, 0.3) is 0 Å². The van der Waals surface area contributed by atoms with Crippen molar-refractivity contribution in [3.63, 3.8) is 0 Å². The largest absolute Gasteiger partial charge is 0.461 e. The van der Waals surface area contributed by atoms with Crippen LogP contribution in [0.2, 0.25) is 0 Å². The van der Waals surface area contributed by atoms with E-state index in [2.05, 4.69) is 15.9 Å². The highest BCUT2D eigenvalue weighted by Gasteiger charge is 2.51. The predicted octanol–water partition coefficient (Wildman–Crippen LogP) is 1.22. The van der Waals surface area contributed by atoms with Gasteiger partial charge in [-0.25, -0.2) is 4.79 Å². The highest BCUT2D eigenvalue weighted by molar-refractivity contribution is 9.09. The van der Waals surface area contributed by atoms with Gasteiger partial charge in [-0.1, -0.05) is 29.3 Å². The van der Waals surface area contributed by atoms with Gasteiger partial charge in [-0.15, -0.1) is 11.8 Å². The molecule has 0 aromatic heterocycles. The van der Waals surface area contributed by atoms with Crippen LogP contribution in [0.4, 0.5) is 0 Å². The number of unbranched alkanes of at least 4 members (excludes halogenated alkanes) is 1. The number of carbonyl (C=O) groups excluding carboxylic acids is 2. The molecule has 0 saturated carbocycles. The van der Waals surface area contributed by atoms with Crippen LogP contribution in [-0.4, -0.2) is 45.9 Å². The third kappa shape index (κ3) is 2.68. The van der Waals surface area contributed by atoms with Crippen molar-refractivity contribution >= 4 is 39.6 Å². The predicted molar refractivity (Wildman–Crippen MR) is 77.8 cm³/mol. The van der Waals surface area contributed by atoms with E-state index in [0.717, 1.165) is 18.4 Å². The van der Waals surface area contributed by atoms with E-state index >= 15 is 0 Å². The van der Waals surface area contributed by atoms with Crippen molar-refractivity contribution < 1.29 is 14.3 Å². The summed E-state index contributed by atoms with van der Waals surface area (Å²) in [5.41, 5.74) is 7.03. The van der Waals surface area contributed by atoms with E-state index in [0.29, 0.717) is 23.4 Å². The van der Waals surface area contributed by atoms with E-state index in [1.54, 1.807) is 11.8 Å². The molecule has 106 valence electrons. The average molecular weight is 349 g/mol. The highest BCUT2D eigenvalue weighted by Crippen LogP contribution is 2.40. The summed E-state index contributed by atoms with van der Waals surface area (Å²) in [6, 6.07) is -0.500. The van der Waals surface area contributed by atoms with E-state index in [4.69, 9.17) is 10.5 Å². The van der Waals surface area contributed by atoms with Crippen LogP contribution in [0, 0.1) is 0 Å². The molecule has 1 fully saturated rings. The topological polar surface area (TPSA) is 72.6 Å². The lowest BCUT2D eigenvalue weighted by Crippen LogP contribution is -2.68. The van der Waals surface area contributed by atoms with Crippen molar-refractivity contribution in [2.45, 2.75) is 31.2 Å². The quantitative estimate of drug-likeness (QED) is 0.350. The molecule has 5 nitrogen and oxygen atoms in total. The lowest BCUT2D eigenvalue weighted by molar-refractivity contribution is -0.150. The molecule has 2 aliphatic rings. The first-order valence-corrected chi connectivity index (χ1v) is 8.44. The molecule has 2 N–H and O–H groups in total. The summed E-state index contributed by atoms with van der Waals surface area (Å²) in [5.74, 6) is 0.0950. The molecule has 0 aliphatic carbocycles. The molecule has 2 aliphatic heterocycles. The van der Waals surface area contributed by atoms with Crippen molar-refractivity contribution in [3.8, 4) is 0 Å². The molecule has 0 aromatic rings. The van der Waals surface area contributed by atoms with Crippen LogP contribution >= 0.6 is 27.7 Å². The molecule has 1 amide bonds. The van der Waals surface area contributed by atoms with Crippen molar-refractivity contribution in [3.05, 3.63) is 11.3 Å². The minimum Gasteiger partial charge on any atom is -0.461 e. The summed E-state index contributed by atoms with van der Waals surface area (Å²) in [7, 11) is 0. The van der Waals surface area contributed by atoms with Gasteiger partial charge in [-0.05, 0) is 12.0 Å². The van der Waals surface area contributed by atoms with Crippen molar-refractivity contribution in [1.82, 2.24) is 4.90 Å². The van der Waals surface area contributed by atoms with E-state index in [1.165, 1.54) is 4.90 Å². The number of nitrogens with two attached hydrogens (primary N) is 1. The van der Waals surface area contributed by atoms with Crippen LogP contribution in [-0.2, 0) is 14.3 Å². The second-order valence-electron chi connectivity index (χ2n) is 4.51. The number of halogens is 1. The zero-order valence-electron chi connectivity index (χ0n) is 10.7. The Morgan fingerprint density at radius 2 is 2.37 bits per heavy atom. The number of thioether (sulfide) groups is 1. The molecular weight excluding hydrogens is 332 g/mol. The zero-order valence-corrected chi connectivity index (χ0v) is 13.1. The molecular formula is C12H17BrN2O3S. The van der Waals surface area contributed by atoms with Gasteiger partial charge in [-0.3, -0.25) is 9.69 Å². The Labute approximate surface area is 125 Å². The number of carbonyl (C=O) groups is 2. The van der Waals surface area contributed by atoms with Gasteiger partial charge in [0.05, 0.1) is 6.61 Å². The fourth-order valence-electron chi connectivity index (χ4n) is 2.05. The second kappa shape index (κ2) is 6.28. The number of hydrogen-bond donors (Lipinski definition) is 1. The minimum absolute atomic E-state index is 0.121. The smallest absolute Gasteiger partial charge is 0.355 e. The minimum atomic E-state index is -0.500. The number of amides is 1. The SMILES string of the molecule is CCCCOC(=O)C1=C(CBr)CS[C@H]2[C@H](N)C(=O)N12. The van der Waals surface area contributed by atoms with Crippen LogP contribution in [0.15, 0.2) is 11.3 Å². The van der Waals surface area contributed by atoms with E-state index < -0.39 is 12.0 Å². The van der Waals surface area contributed by atoms with Crippen molar-refractivity contribution in [2.24, 2.45) is 5.73 Å². The first kappa shape index (κ1) is 14.9. The van der Waals surface area contributed by atoms with Crippen LogP contribution in [0.1, 0.15) is 19.8 Å². The summed E-state index contributed by atoms with van der Waals surface area (Å²) in [6.45, 7) is 2.42. The second-order valence-corrected chi connectivity index (χ2v) is 6.18. The standard InChI is InChI=1S/C12H17BrN2O3S/c1-2-3-4-18-12(17)9-7(5-13)6-19-11-8(14)10(16)15(9)11/h8,11H,2-6,14H2,1H3/t8-,11+/m1/s1. The third-order valence-corrected chi connectivity index (χ3v) is 5.21. The number of fused-ring (bicyclic) bond motifs is 1. The van der Waals surface area contributed by atoms with E-state index in [-0.39, 0.29) is 11.3 Å². The Morgan fingerprint density at radius 3 is 3.00 bits per heavy atom. The first-order valence-electron chi connectivity index (χ1n) is 6.27. The number of alkyl halides is 1. The number of β-lactam (4-membered cyclic amide) rings is 1. The summed E-state index contributed by atoms with van der Waals surface area (Å²) >= 11 is 4.95. The number of rotatable bonds is 5. The van der Waals surface area contributed by atoms with Crippen LogP contribution < -0.4 is 5.73 Å². The van der Waals surface area contributed by atoms with Gasteiger partial charge in [0.1, 0.15) is 17.1 Å². The summed E-state index contributed by atoms with van der Waals surface area (Å²) in [5, 5.41) is 0.438. The lowest BCUT2D eigenvalue weighted by atomic mass is 10.0. The van der Waals surface area contributed by atoms with Gasteiger partial charge in [-0.2, -0.15) is 0 Å². The Balaban J connectivity index is 2.15. The van der Waals surface area contributed by atoms with Crippen LogP contribution in [0.5, 0.6) is 0 Å². The number of esters is 1. The number of nitrogens with zero attached hydrogens (tertiary/aromatic N) is 1. The Hall–Kier alpha value is -0.530. The molecule has 0 bridgehead atoms. The summed E-state index contributed by atoms with van der Waals surface area (Å²) in [6.07, 6.45) is 1.79. The monoisotopic (exact) mass is 348 g/mol. The van der Waals surface area contributed by atoms with Crippen LogP contribution in [0.25, 0.3) is 0 Å². The maximum atomic E-state index is 12.1. The van der Waals surface area contributed by atoms with E-state index in [1.807, 2.05) is 6.92 Å². The Bertz CT molecular complexity index is 427.